The minimum atomic E-state index is -0.584. The zero-order valence-corrected chi connectivity index (χ0v) is 10.4. The molecule has 0 aliphatic carbocycles. The highest BCUT2D eigenvalue weighted by Crippen LogP contribution is 2.24. The van der Waals surface area contributed by atoms with Gasteiger partial charge < -0.3 is 15.8 Å². The highest BCUT2D eigenvalue weighted by Gasteiger charge is 2.37. The Labute approximate surface area is 97.9 Å². The van der Waals surface area contributed by atoms with Crippen molar-refractivity contribution >= 4 is 5.91 Å². The lowest BCUT2D eigenvalue weighted by atomic mass is 10.0. The fourth-order valence-electron chi connectivity index (χ4n) is 1.92. The van der Waals surface area contributed by atoms with Crippen LogP contribution in [0.15, 0.2) is 0 Å². The van der Waals surface area contributed by atoms with Crippen LogP contribution in [0.1, 0.15) is 39.5 Å². The third kappa shape index (κ3) is 3.76. The summed E-state index contributed by atoms with van der Waals surface area (Å²) in [4.78, 5) is 11.8. The Bertz CT molecular complexity index is 225. The number of amides is 1. The zero-order chi connectivity index (χ0) is 12.0. The minimum Gasteiger partial charge on any atom is -0.365 e. The molecule has 2 atom stereocenters. The predicted molar refractivity (Wildman–Crippen MR) is 64.1 cm³/mol. The summed E-state index contributed by atoms with van der Waals surface area (Å²) >= 11 is 0. The van der Waals surface area contributed by atoms with E-state index in [0.717, 1.165) is 38.8 Å². The summed E-state index contributed by atoms with van der Waals surface area (Å²) < 4.78 is 5.47. The van der Waals surface area contributed by atoms with Gasteiger partial charge in [0, 0.05) is 13.2 Å². The second-order valence-corrected chi connectivity index (χ2v) is 4.92. The lowest BCUT2D eigenvalue weighted by Crippen LogP contribution is -2.44. The molecule has 0 saturated carbocycles. The van der Waals surface area contributed by atoms with E-state index in [9.17, 15) is 4.79 Å². The molecule has 0 bridgehead atoms. The van der Waals surface area contributed by atoms with Gasteiger partial charge in [0.2, 0.25) is 0 Å². The molecule has 1 heterocycles. The Hall–Kier alpha value is -0.610. The topological polar surface area (TPSA) is 64.3 Å². The van der Waals surface area contributed by atoms with Crippen LogP contribution in [0.2, 0.25) is 0 Å². The second-order valence-electron chi connectivity index (χ2n) is 4.92. The predicted octanol–water partition coefficient (Wildman–Crippen LogP) is 1.05. The van der Waals surface area contributed by atoms with Gasteiger partial charge in [-0.25, -0.2) is 0 Å². The van der Waals surface area contributed by atoms with Gasteiger partial charge in [-0.1, -0.05) is 6.92 Å². The van der Waals surface area contributed by atoms with Gasteiger partial charge in [0.25, 0.3) is 5.91 Å². The van der Waals surface area contributed by atoms with Crippen LogP contribution in [0.25, 0.3) is 0 Å². The van der Waals surface area contributed by atoms with E-state index in [4.69, 9.17) is 10.5 Å². The molecule has 16 heavy (non-hydrogen) atoms. The lowest BCUT2D eigenvalue weighted by Gasteiger charge is -2.22. The first-order valence-corrected chi connectivity index (χ1v) is 6.21. The van der Waals surface area contributed by atoms with Crippen molar-refractivity contribution in [1.82, 2.24) is 5.32 Å². The van der Waals surface area contributed by atoms with E-state index in [2.05, 4.69) is 12.2 Å². The molecule has 1 rings (SSSR count). The maximum Gasteiger partial charge on any atom is 0.251 e. The first-order valence-electron chi connectivity index (χ1n) is 6.21. The second kappa shape index (κ2) is 6.21. The fraction of sp³-hybridized carbons (Fsp3) is 0.917. The molecule has 1 aliphatic rings. The van der Waals surface area contributed by atoms with Crippen LogP contribution in [0.4, 0.5) is 0 Å². The van der Waals surface area contributed by atoms with Crippen LogP contribution >= 0.6 is 0 Å². The summed E-state index contributed by atoms with van der Waals surface area (Å²) in [6.45, 7) is 6.14. The summed E-state index contributed by atoms with van der Waals surface area (Å²) in [5, 5.41) is 2.94. The Morgan fingerprint density at radius 2 is 2.38 bits per heavy atom. The molecule has 4 nitrogen and oxygen atoms in total. The first kappa shape index (κ1) is 13.5. The van der Waals surface area contributed by atoms with Crippen LogP contribution in [-0.4, -0.2) is 31.2 Å². The number of carbonyl (C=O) groups is 1. The summed E-state index contributed by atoms with van der Waals surface area (Å²) in [7, 11) is 0. The number of hydrogen-bond acceptors (Lipinski definition) is 3. The average molecular weight is 228 g/mol. The summed E-state index contributed by atoms with van der Waals surface area (Å²) in [6, 6.07) is 0. The van der Waals surface area contributed by atoms with Gasteiger partial charge in [0.05, 0.1) is 0 Å². The summed E-state index contributed by atoms with van der Waals surface area (Å²) in [5.41, 5.74) is 4.94. The number of hydrogen-bond donors (Lipinski definition) is 2. The normalized spacial score (nSPS) is 26.7. The van der Waals surface area contributed by atoms with Gasteiger partial charge >= 0.3 is 0 Å². The van der Waals surface area contributed by atoms with Crippen molar-refractivity contribution in [2.75, 3.05) is 19.7 Å². The quantitative estimate of drug-likeness (QED) is 0.668. The van der Waals surface area contributed by atoms with Gasteiger partial charge in [0.1, 0.15) is 5.60 Å². The largest absolute Gasteiger partial charge is 0.365 e. The van der Waals surface area contributed by atoms with Crippen LogP contribution in [0.3, 0.4) is 0 Å². The Kier molecular flexibility index (Phi) is 5.22. The molecular weight excluding hydrogens is 204 g/mol. The van der Waals surface area contributed by atoms with Gasteiger partial charge in [-0.15, -0.1) is 0 Å². The maximum absolute atomic E-state index is 11.8. The maximum atomic E-state index is 11.8. The van der Waals surface area contributed by atoms with E-state index in [1.807, 2.05) is 6.92 Å². The molecule has 3 N–H and O–H groups in total. The molecule has 1 aliphatic heterocycles. The number of carbonyl (C=O) groups excluding carboxylic acids is 1. The van der Waals surface area contributed by atoms with E-state index >= 15 is 0 Å². The van der Waals surface area contributed by atoms with Crippen molar-refractivity contribution in [3.63, 3.8) is 0 Å². The van der Waals surface area contributed by atoms with Crippen LogP contribution in [0, 0.1) is 5.92 Å². The van der Waals surface area contributed by atoms with Crippen molar-refractivity contribution in [1.29, 1.82) is 0 Å². The average Bonchev–Trinajstić information content (AvgIpc) is 2.72. The molecule has 1 fully saturated rings. The molecule has 2 unspecified atom stereocenters. The minimum absolute atomic E-state index is 0.0328. The van der Waals surface area contributed by atoms with E-state index < -0.39 is 5.60 Å². The van der Waals surface area contributed by atoms with Crippen molar-refractivity contribution in [2.45, 2.75) is 45.1 Å². The van der Waals surface area contributed by atoms with Crippen molar-refractivity contribution in [3.8, 4) is 0 Å². The number of nitrogens with two attached hydrogens (primary N) is 1. The molecule has 0 aromatic rings. The Morgan fingerprint density at radius 1 is 1.62 bits per heavy atom. The van der Waals surface area contributed by atoms with Crippen LogP contribution < -0.4 is 11.1 Å². The molecule has 4 heteroatoms. The lowest BCUT2D eigenvalue weighted by molar-refractivity contribution is -0.139. The highest BCUT2D eigenvalue weighted by atomic mass is 16.5. The van der Waals surface area contributed by atoms with Crippen LogP contribution in [0.5, 0.6) is 0 Å². The number of rotatable bonds is 6. The van der Waals surface area contributed by atoms with Crippen LogP contribution in [-0.2, 0) is 9.53 Å². The van der Waals surface area contributed by atoms with Gasteiger partial charge in [0.15, 0.2) is 0 Å². The molecule has 0 aromatic heterocycles. The number of nitrogens with one attached hydrogen (secondary N) is 1. The van der Waals surface area contributed by atoms with E-state index in [1.165, 1.54) is 0 Å². The molecule has 1 saturated heterocycles. The molecular formula is C12H24N2O2. The molecule has 94 valence electrons. The van der Waals surface area contributed by atoms with E-state index in [-0.39, 0.29) is 5.91 Å². The molecule has 1 amide bonds. The fourth-order valence-corrected chi connectivity index (χ4v) is 1.92. The third-order valence-electron chi connectivity index (χ3n) is 3.26. The summed E-state index contributed by atoms with van der Waals surface area (Å²) in [6.07, 6.45) is 3.86. The van der Waals surface area contributed by atoms with Gasteiger partial charge in [-0.3, -0.25) is 4.79 Å². The molecule has 0 radical (unpaired) electrons. The third-order valence-corrected chi connectivity index (χ3v) is 3.26. The zero-order valence-electron chi connectivity index (χ0n) is 10.4. The standard InChI is InChI=1S/C12H24N2O2/c1-10(9-13)5-3-7-14-11(15)12(2)6-4-8-16-12/h10H,3-9,13H2,1-2H3,(H,14,15). The molecule has 0 aromatic carbocycles. The summed E-state index contributed by atoms with van der Waals surface area (Å²) in [5.74, 6) is 0.570. The Morgan fingerprint density at radius 3 is 2.94 bits per heavy atom. The molecule has 0 spiro atoms. The smallest absolute Gasteiger partial charge is 0.251 e. The van der Waals surface area contributed by atoms with Crippen molar-refractivity contribution in [3.05, 3.63) is 0 Å². The van der Waals surface area contributed by atoms with Gasteiger partial charge in [-0.2, -0.15) is 0 Å². The van der Waals surface area contributed by atoms with E-state index in [0.29, 0.717) is 12.5 Å². The van der Waals surface area contributed by atoms with Crippen molar-refractivity contribution in [2.24, 2.45) is 11.7 Å². The van der Waals surface area contributed by atoms with E-state index in [1.54, 1.807) is 0 Å². The highest BCUT2D eigenvalue weighted by molar-refractivity contribution is 5.84. The van der Waals surface area contributed by atoms with Crippen molar-refractivity contribution < 1.29 is 9.53 Å². The number of ether oxygens (including phenoxy) is 1. The first-order chi connectivity index (χ1) is 7.58. The SMILES string of the molecule is CC(CN)CCCNC(=O)C1(C)CCCO1. The Balaban J connectivity index is 2.15. The van der Waals surface area contributed by atoms with Gasteiger partial charge in [-0.05, 0) is 45.1 Å². The monoisotopic (exact) mass is 228 g/mol.